The summed E-state index contributed by atoms with van der Waals surface area (Å²) < 4.78 is 0. The van der Waals surface area contributed by atoms with Crippen LogP contribution in [-0.4, -0.2) is 59.8 Å². The van der Waals surface area contributed by atoms with E-state index < -0.39 is 5.91 Å². The first-order chi connectivity index (χ1) is 15.0. The number of carbonyl (C=O) groups excluding carboxylic acids is 2. The molecule has 1 unspecified atom stereocenters. The number of carbonyl (C=O) groups is 2. The lowest BCUT2D eigenvalue weighted by Gasteiger charge is -2.32. The molecule has 1 aliphatic heterocycles. The van der Waals surface area contributed by atoms with Gasteiger partial charge < -0.3 is 20.5 Å². The van der Waals surface area contributed by atoms with Gasteiger partial charge in [0.2, 0.25) is 0 Å². The summed E-state index contributed by atoms with van der Waals surface area (Å²) in [7, 11) is 2.07. The highest BCUT2D eigenvalue weighted by molar-refractivity contribution is 6.16. The third-order valence-corrected chi connectivity index (χ3v) is 6.44. The number of nitrogens with one attached hydrogen (secondary N) is 1. The molecule has 1 aromatic heterocycles. The van der Waals surface area contributed by atoms with E-state index in [0.717, 1.165) is 60.0 Å². The molecule has 1 fully saturated rings. The van der Waals surface area contributed by atoms with Crippen molar-refractivity contribution >= 4 is 33.6 Å². The zero-order valence-electron chi connectivity index (χ0n) is 17.6. The fourth-order valence-electron chi connectivity index (χ4n) is 4.59. The minimum Gasteiger partial charge on any atom is -0.366 e. The van der Waals surface area contributed by atoms with Crippen LogP contribution in [0.5, 0.6) is 0 Å². The molecule has 0 radical (unpaired) electrons. The lowest BCUT2D eigenvalue weighted by molar-refractivity contribution is 0.0664. The molecule has 2 amide bonds. The first kappa shape index (κ1) is 19.6. The van der Waals surface area contributed by atoms with Crippen LogP contribution < -0.4 is 5.73 Å². The average molecular weight is 415 g/mol. The van der Waals surface area contributed by atoms with E-state index in [-0.39, 0.29) is 11.8 Å². The molecule has 158 valence electrons. The van der Waals surface area contributed by atoms with Gasteiger partial charge in [-0.3, -0.25) is 9.59 Å². The van der Waals surface area contributed by atoms with Crippen molar-refractivity contribution in [1.82, 2.24) is 14.8 Å². The van der Waals surface area contributed by atoms with Gasteiger partial charge in [-0.25, -0.2) is 0 Å². The first-order valence-electron chi connectivity index (χ1n) is 10.7. The zero-order valence-corrected chi connectivity index (χ0v) is 17.6. The molecule has 2 aromatic carbocycles. The van der Waals surface area contributed by atoms with E-state index >= 15 is 0 Å². The number of nitrogens with zero attached hydrogens (tertiary/aromatic N) is 2. The van der Waals surface area contributed by atoms with Gasteiger partial charge in [0.25, 0.3) is 11.8 Å². The fraction of sp³-hybridized carbons (Fsp3) is 0.280. The Morgan fingerprint density at radius 2 is 1.84 bits per heavy atom. The molecule has 5 rings (SSSR count). The molecule has 6 heteroatoms. The van der Waals surface area contributed by atoms with Crippen LogP contribution in [0.4, 0.5) is 0 Å². The Morgan fingerprint density at radius 3 is 2.55 bits per heavy atom. The Labute approximate surface area is 181 Å². The number of amides is 2. The Hall–Kier alpha value is -3.38. The number of piperazine rings is 1. The molecule has 0 bridgehead atoms. The SMILES string of the molecule is CN1CCN(C(=O)c2ccc3c(c2)[nH]c2c(C(N)=O)cc(C4C=CC=CC4)cc23)CC1. The first-order valence-corrected chi connectivity index (χ1v) is 10.7. The molecule has 6 nitrogen and oxygen atoms in total. The molecule has 0 spiro atoms. The van der Waals surface area contributed by atoms with Gasteiger partial charge >= 0.3 is 0 Å². The molecule has 3 aromatic rings. The fourth-order valence-corrected chi connectivity index (χ4v) is 4.59. The van der Waals surface area contributed by atoms with Crippen LogP contribution in [0.2, 0.25) is 0 Å². The number of fused-ring (bicyclic) bond motifs is 3. The Kier molecular flexibility index (Phi) is 4.87. The number of aromatic nitrogens is 1. The summed E-state index contributed by atoms with van der Waals surface area (Å²) in [6.45, 7) is 3.24. The summed E-state index contributed by atoms with van der Waals surface area (Å²) in [5, 5.41) is 1.95. The second-order valence-corrected chi connectivity index (χ2v) is 8.49. The van der Waals surface area contributed by atoms with Gasteiger partial charge in [-0.15, -0.1) is 0 Å². The van der Waals surface area contributed by atoms with Crippen LogP contribution in [-0.2, 0) is 0 Å². The number of hydrogen-bond donors (Lipinski definition) is 2. The van der Waals surface area contributed by atoms with Crippen LogP contribution in [0.3, 0.4) is 0 Å². The van der Waals surface area contributed by atoms with E-state index in [2.05, 4.69) is 35.1 Å². The van der Waals surface area contributed by atoms with Crippen molar-refractivity contribution in [1.29, 1.82) is 0 Å². The summed E-state index contributed by atoms with van der Waals surface area (Å²) in [6, 6.07) is 9.78. The maximum atomic E-state index is 13.0. The van der Waals surface area contributed by atoms with Gasteiger partial charge in [-0.1, -0.05) is 30.4 Å². The summed E-state index contributed by atoms with van der Waals surface area (Å²) in [5.74, 6) is -0.193. The van der Waals surface area contributed by atoms with Crippen LogP contribution in [0.1, 0.15) is 38.6 Å². The van der Waals surface area contributed by atoms with E-state index in [9.17, 15) is 9.59 Å². The minimum atomic E-state index is -0.456. The standard InChI is InChI=1S/C25H26N4O2/c1-28-9-11-29(12-10-28)25(31)17-7-8-19-20-13-18(16-5-3-2-4-6-16)14-21(24(26)30)23(20)27-22(19)15-17/h2-5,7-8,13-16,27H,6,9-12H2,1H3,(H2,26,30). The number of aromatic amines is 1. The zero-order chi connectivity index (χ0) is 21.5. The number of H-pyrrole nitrogens is 1. The highest BCUT2D eigenvalue weighted by Gasteiger charge is 2.22. The normalized spacial score (nSPS) is 19.4. The number of allylic oxidation sites excluding steroid dienone is 4. The van der Waals surface area contributed by atoms with Crippen LogP contribution >= 0.6 is 0 Å². The van der Waals surface area contributed by atoms with E-state index in [1.54, 1.807) is 0 Å². The average Bonchev–Trinajstić information content (AvgIpc) is 3.16. The van der Waals surface area contributed by atoms with Crippen LogP contribution in [0.25, 0.3) is 21.8 Å². The van der Waals surface area contributed by atoms with Gasteiger partial charge in [0.05, 0.1) is 11.1 Å². The lowest BCUT2D eigenvalue weighted by atomic mass is 9.90. The highest BCUT2D eigenvalue weighted by Crippen LogP contribution is 2.34. The maximum Gasteiger partial charge on any atom is 0.254 e. The molecule has 2 heterocycles. The molecular weight excluding hydrogens is 388 g/mol. The molecule has 1 aliphatic carbocycles. The quantitative estimate of drug-likeness (QED) is 0.689. The summed E-state index contributed by atoms with van der Waals surface area (Å²) >= 11 is 0. The number of benzene rings is 2. The van der Waals surface area contributed by atoms with Crippen LogP contribution in [0.15, 0.2) is 54.6 Å². The lowest BCUT2D eigenvalue weighted by Crippen LogP contribution is -2.47. The van der Waals surface area contributed by atoms with Crippen molar-refractivity contribution in [3.63, 3.8) is 0 Å². The summed E-state index contributed by atoms with van der Waals surface area (Å²) in [4.78, 5) is 32.7. The summed E-state index contributed by atoms with van der Waals surface area (Å²) in [5.41, 5.74) is 9.51. The Bertz CT molecular complexity index is 1250. The van der Waals surface area contributed by atoms with Gasteiger partial charge in [0, 0.05) is 53.9 Å². The molecule has 1 atom stereocenters. The van der Waals surface area contributed by atoms with E-state index in [4.69, 9.17) is 5.73 Å². The molecule has 31 heavy (non-hydrogen) atoms. The van der Waals surface area contributed by atoms with Crippen molar-refractivity contribution in [3.05, 3.63) is 71.3 Å². The molecule has 2 aliphatic rings. The van der Waals surface area contributed by atoms with Gasteiger partial charge in [0.1, 0.15) is 0 Å². The molecule has 0 saturated carbocycles. The number of likely N-dealkylation sites (N-methyl/N-ethyl adjacent to an activating group) is 1. The third kappa shape index (κ3) is 3.53. The van der Waals surface area contributed by atoms with Crippen molar-refractivity contribution < 1.29 is 9.59 Å². The van der Waals surface area contributed by atoms with Crippen LogP contribution in [0, 0.1) is 0 Å². The van der Waals surface area contributed by atoms with E-state index in [0.29, 0.717) is 11.1 Å². The smallest absolute Gasteiger partial charge is 0.254 e. The topological polar surface area (TPSA) is 82.4 Å². The van der Waals surface area contributed by atoms with E-state index in [1.165, 1.54) is 0 Å². The minimum absolute atomic E-state index is 0.0450. The molecular formula is C25H26N4O2. The van der Waals surface area contributed by atoms with E-state index in [1.807, 2.05) is 41.3 Å². The monoisotopic (exact) mass is 414 g/mol. The third-order valence-electron chi connectivity index (χ3n) is 6.44. The second-order valence-electron chi connectivity index (χ2n) is 8.49. The largest absolute Gasteiger partial charge is 0.366 e. The number of nitrogens with two attached hydrogens (primary N) is 1. The maximum absolute atomic E-state index is 13.0. The van der Waals surface area contributed by atoms with Gasteiger partial charge in [0.15, 0.2) is 0 Å². The number of hydrogen-bond acceptors (Lipinski definition) is 3. The van der Waals surface area contributed by atoms with Crippen molar-refractivity contribution in [2.75, 3.05) is 33.2 Å². The second kappa shape index (κ2) is 7.71. The predicted octanol–water partition coefficient (Wildman–Crippen LogP) is 3.41. The highest BCUT2D eigenvalue weighted by atomic mass is 16.2. The van der Waals surface area contributed by atoms with Crippen molar-refractivity contribution in [3.8, 4) is 0 Å². The number of primary amides is 1. The Balaban J connectivity index is 1.58. The predicted molar refractivity (Wildman–Crippen MR) is 123 cm³/mol. The van der Waals surface area contributed by atoms with Crippen molar-refractivity contribution in [2.24, 2.45) is 5.73 Å². The van der Waals surface area contributed by atoms with Gasteiger partial charge in [-0.2, -0.15) is 0 Å². The molecule has 1 saturated heterocycles. The van der Waals surface area contributed by atoms with Gasteiger partial charge in [-0.05, 0) is 43.3 Å². The summed E-state index contributed by atoms with van der Waals surface area (Å²) in [6.07, 6.45) is 9.24. The van der Waals surface area contributed by atoms with Crippen molar-refractivity contribution in [2.45, 2.75) is 12.3 Å². The Morgan fingerprint density at radius 1 is 1.03 bits per heavy atom. The molecule has 3 N–H and O–H groups in total. The number of rotatable bonds is 3.